The van der Waals surface area contributed by atoms with Crippen LogP contribution < -0.4 is 10.6 Å². The van der Waals surface area contributed by atoms with Crippen LogP contribution in [-0.2, 0) is 7.05 Å². The Labute approximate surface area is 118 Å². The Morgan fingerprint density at radius 1 is 1.35 bits per heavy atom. The van der Waals surface area contributed by atoms with Crippen molar-refractivity contribution in [3.05, 3.63) is 29.5 Å². The van der Waals surface area contributed by atoms with E-state index in [1.807, 2.05) is 36.7 Å². The fourth-order valence-electron chi connectivity index (χ4n) is 1.89. The molecule has 0 aliphatic heterocycles. The Hall–Kier alpha value is -2.48. The Morgan fingerprint density at radius 2 is 2.20 bits per heavy atom. The van der Waals surface area contributed by atoms with Crippen molar-refractivity contribution in [3.63, 3.8) is 0 Å². The first kappa shape index (κ1) is 12.5. The number of nitrogens with one attached hydrogen (secondary N) is 2. The molecule has 0 saturated carbocycles. The fourth-order valence-corrected chi connectivity index (χ4v) is 2.33. The van der Waals surface area contributed by atoms with Gasteiger partial charge in [0.05, 0.1) is 11.0 Å². The van der Waals surface area contributed by atoms with Crippen molar-refractivity contribution in [3.8, 4) is 0 Å². The fraction of sp³-hybridized carbons (Fsp3) is 0.167. The third kappa shape index (κ3) is 2.32. The maximum Gasteiger partial charge on any atom is 0.325 e. The van der Waals surface area contributed by atoms with E-state index in [0.717, 1.165) is 16.9 Å². The summed E-state index contributed by atoms with van der Waals surface area (Å²) in [5, 5.41) is 13.2. The molecular weight excluding hydrogens is 276 g/mol. The Kier molecular flexibility index (Phi) is 3.07. The van der Waals surface area contributed by atoms with Gasteiger partial charge in [-0.3, -0.25) is 5.32 Å². The van der Waals surface area contributed by atoms with Gasteiger partial charge in [0.2, 0.25) is 5.13 Å². The van der Waals surface area contributed by atoms with Crippen LogP contribution in [0.2, 0.25) is 0 Å². The van der Waals surface area contributed by atoms with Gasteiger partial charge in [-0.05, 0) is 25.1 Å². The second-order valence-electron chi connectivity index (χ2n) is 4.24. The molecule has 0 spiro atoms. The molecule has 0 saturated heterocycles. The number of anilines is 2. The normalized spacial score (nSPS) is 10.7. The van der Waals surface area contributed by atoms with Crippen molar-refractivity contribution in [2.45, 2.75) is 6.92 Å². The lowest BCUT2D eigenvalue weighted by Gasteiger charge is -2.05. The maximum atomic E-state index is 11.8. The van der Waals surface area contributed by atoms with Crippen LogP contribution in [0.5, 0.6) is 0 Å². The number of benzene rings is 1. The molecule has 0 atom stereocenters. The minimum absolute atomic E-state index is 0.353. The van der Waals surface area contributed by atoms with E-state index in [2.05, 4.69) is 25.8 Å². The van der Waals surface area contributed by atoms with Gasteiger partial charge in [-0.1, -0.05) is 11.3 Å². The lowest BCUT2D eigenvalue weighted by atomic mass is 10.3. The average molecular weight is 288 g/mol. The molecule has 2 heterocycles. The molecule has 1 aromatic carbocycles. The van der Waals surface area contributed by atoms with E-state index in [-0.39, 0.29) is 6.03 Å². The Balaban J connectivity index is 1.79. The van der Waals surface area contributed by atoms with Crippen molar-refractivity contribution in [1.29, 1.82) is 0 Å². The smallest absolute Gasteiger partial charge is 0.325 e. The summed E-state index contributed by atoms with van der Waals surface area (Å²) in [5.41, 5.74) is 4.10. The summed E-state index contributed by atoms with van der Waals surface area (Å²) >= 11 is 1.26. The number of fused-ring (bicyclic) bond motifs is 1. The Morgan fingerprint density at radius 3 is 2.95 bits per heavy atom. The van der Waals surface area contributed by atoms with Gasteiger partial charge in [0.25, 0.3) is 0 Å². The third-order valence-corrected chi connectivity index (χ3v) is 3.55. The number of carbonyl (C=O) groups is 1. The zero-order valence-corrected chi connectivity index (χ0v) is 11.7. The highest BCUT2D eigenvalue weighted by Crippen LogP contribution is 2.19. The first-order chi connectivity index (χ1) is 9.63. The van der Waals surface area contributed by atoms with E-state index < -0.39 is 0 Å². The number of nitrogens with zero attached hydrogens (tertiary/aromatic N) is 4. The highest BCUT2D eigenvalue weighted by atomic mass is 32.1. The van der Waals surface area contributed by atoms with Crippen LogP contribution in [0.15, 0.2) is 23.7 Å². The van der Waals surface area contributed by atoms with E-state index >= 15 is 0 Å². The summed E-state index contributed by atoms with van der Waals surface area (Å²) < 4.78 is 2.00. The first-order valence-electron chi connectivity index (χ1n) is 5.91. The van der Waals surface area contributed by atoms with E-state index in [0.29, 0.717) is 10.8 Å². The number of aryl methyl sites for hydroxylation is 2. The molecule has 8 heteroatoms. The van der Waals surface area contributed by atoms with Gasteiger partial charge in [0.1, 0.15) is 11.3 Å². The van der Waals surface area contributed by atoms with Crippen molar-refractivity contribution in [2.75, 3.05) is 10.6 Å². The molecular formula is C12H12N6OS. The number of carbonyl (C=O) groups excluding carboxylic acids is 1. The molecule has 0 bridgehead atoms. The first-order valence-corrected chi connectivity index (χ1v) is 6.79. The van der Waals surface area contributed by atoms with Crippen LogP contribution >= 0.6 is 11.3 Å². The van der Waals surface area contributed by atoms with Crippen molar-refractivity contribution >= 4 is 39.2 Å². The van der Waals surface area contributed by atoms with E-state index in [9.17, 15) is 4.79 Å². The molecule has 3 aromatic rings. The van der Waals surface area contributed by atoms with E-state index in [1.54, 1.807) is 5.51 Å². The van der Waals surface area contributed by atoms with E-state index in [4.69, 9.17) is 0 Å². The largest absolute Gasteiger partial charge is 0.331 e. The molecule has 0 radical (unpaired) electrons. The van der Waals surface area contributed by atoms with Gasteiger partial charge in [-0.15, -0.1) is 10.2 Å². The van der Waals surface area contributed by atoms with Gasteiger partial charge >= 0.3 is 6.03 Å². The van der Waals surface area contributed by atoms with Gasteiger partial charge < -0.3 is 9.88 Å². The summed E-state index contributed by atoms with van der Waals surface area (Å²) in [6.07, 6.45) is 0. The van der Waals surface area contributed by atoms with Crippen LogP contribution in [0.25, 0.3) is 11.0 Å². The molecule has 0 aliphatic rings. The summed E-state index contributed by atoms with van der Waals surface area (Å²) in [6.45, 7) is 1.94. The lowest BCUT2D eigenvalue weighted by molar-refractivity contribution is 0.262. The van der Waals surface area contributed by atoms with Crippen LogP contribution in [0.1, 0.15) is 5.82 Å². The molecule has 2 amide bonds. The number of urea groups is 1. The predicted octanol–water partition coefficient (Wildman–Crippen LogP) is 2.38. The number of imidazole rings is 1. The third-order valence-electron chi connectivity index (χ3n) is 2.94. The topological polar surface area (TPSA) is 84.7 Å². The van der Waals surface area contributed by atoms with Gasteiger partial charge in [0, 0.05) is 12.7 Å². The molecule has 0 aliphatic carbocycles. The van der Waals surface area contributed by atoms with Crippen LogP contribution in [-0.4, -0.2) is 25.8 Å². The van der Waals surface area contributed by atoms with Crippen LogP contribution in [0.3, 0.4) is 0 Å². The SMILES string of the molecule is Cc1nc2cc(NC(=O)Nc3nncs3)ccc2n1C. The number of hydrogen-bond acceptors (Lipinski definition) is 5. The monoisotopic (exact) mass is 288 g/mol. The quantitative estimate of drug-likeness (QED) is 0.758. The molecule has 2 aromatic heterocycles. The highest BCUT2D eigenvalue weighted by Gasteiger charge is 2.08. The zero-order chi connectivity index (χ0) is 14.1. The molecule has 7 nitrogen and oxygen atoms in total. The summed E-state index contributed by atoms with van der Waals surface area (Å²) in [7, 11) is 1.96. The maximum absolute atomic E-state index is 11.8. The highest BCUT2D eigenvalue weighted by molar-refractivity contribution is 7.13. The van der Waals surface area contributed by atoms with Crippen molar-refractivity contribution in [2.24, 2.45) is 7.05 Å². The van der Waals surface area contributed by atoms with E-state index in [1.165, 1.54) is 11.3 Å². The van der Waals surface area contributed by atoms with Crippen LogP contribution in [0, 0.1) is 6.92 Å². The second kappa shape index (κ2) is 4.89. The minimum atomic E-state index is -0.353. The molecule has 0 unspecified atom stereocenters. The van der Waals surface area contributed by atoms with Gasteiger partial charge in [0.15, 0.2) is 0 Å². The summed E-state index contributed by atoms with van der Waals surface area (Å²) in [6, 6.07) is 5.25. The Bertz CT molecular complexity index is 764. The summed E-state index contributed by atoms with van der Waals surface area (Å²) in [5.74, 6) is 0.926. The van der Waals surface area contributed by atoms with Crippen molar-refractivity contribution < 1.29 is 4.79 Å². The molecule has 3 rings (SSSR count). The number of amides is 2. The molecule has 20 heavy (non-hydrogen) atoms. The zero-order valence-electron chi connectivity index (χ0n) is 10.9. The standard InChI is InChI=1S/C12H12N6OS/c1-7-14-9-5-8(3-4-10(9)18(7)2)15-11(19)16-12-17-13-6-20-12/h3-6H,1-2H3,(H2,15,16,17,19). The number of rotatable bonds is 2. The minimum Gasteiger partial charge on any atom is -0.331 e. The van der Waals surface area contributed by atoms with Gasteiger partial charge in [-0.25, -0.2) is 9.78 Å². The lowest BCUT2D eigenvalue weighted by Crippen LogP contribution is -2.19. The number of aromatic nitrogens is 4. The average Bonchev–Trinajstić information content (AvgIpc) is 2.99. The second-order valence-corrected chi connectivity index (χ2v) is 5.08. The predicted molar refractivity (Wildman–Crippen MR) is 78.0 cm³/mol. The van der Waals surface area contributed by atoms with Crippen molar-refractivity contribution in [1.82, 2.24) is 19.7 Å². The number of hydrogen-bond donors (Lipinski definition) is 2. The molecule has 102 valence electrons. The molecule has 2 N–H and O–H groups in total. The molecule has 0 fully saturated rings. The summed E-state index contributed by atoms with van der Waals surface area (Å²) in [4.78, 5) is 16.2. The van der Waals surface area contributed by atoms with Gasteiger partial charge in [-0.2, -0.15) is 0 Å². The van der Waals surface area contributed by atoms with Crippen LogP contribution in [0.4, 0.5) is 15.6 Å².